The highest BCUT2D eigenvalue weighted by molar-refractivity contribution is 9.10. The molecule has 0 saturated carbocycles. The molecule has 7 nitrogen and oxygen atoms in total. The van der Waals surface area contributed by atoms with Crippen LogP contribution in [0, 0.1) is 0 Å². The predicted molar refractivity (Wildman–Crippen MR) is 131 cm³/mol. The van der Waals surface area contributed by atoms with Gasteiger partial charge in [0.15, 0.2) is 0 Å². The minimum atomic E-state index is -3.65. The van der Waals surface area contributed by atoms with Crippen LogP contribution < -0.4 is 14.8 Å². The maximum atomic E-state index is 12.8. The summed E-state index contributed by atoms with van der Waals surface area (Å²) in [6.07, 6.45) is 0.593. The maximum absolute atomic E-state index is 12.8. The second kappa shape index (κ2) is 11.9. The molecule has 1 amide bonds. The van der Waals surface area contributed by atoms with Gasteiger partial charge in [-0.2, -0.15) is 0 Å². The van der Waals surface area contributed by atoms with E-state index in [9.17, 15) is 13.2 Å². The van der Waals surface area contributed by atoms with Crippen LogP contribution >= 0.6 is 15.9 Å². The number of amides is 1. The molecule has 0 aromatic heterocycles. The number of nitrogens with one attached hydrogen (secondary N) is 2. The van der Waals surface area contributed by atoms with Gasteiger partial charge in [0.2, 0.25) is 10.0 Å². The molecule has 0 aliphatic rings. The number of hydrogen-bond acceptors (Lipinski definition) is 5. The van der Waals surface area contributed by atoms with E-state index >= 15 is 0 Å². The summed E-state index contributed by atoms with van der Waals surface area (Å²) in [4.78, 5) is 12.9. The number of carbonyl (C=O) groups is 1. The lowest BCUT2D eigenvalue weighted by atomic mass is 10.2. The third kappa shape index (κ3) is 7.40. The lowest BCUT2D eigenvalue weighted by molar-refractivity contribution is 0.101. The van der Waals surface area contributed by atoms with Gasteiger partial charge < -0.3 is 14.8 Å². The van der Waals surface area contributed by atoms with Gasteiger partial charge in [0.05, 0.1) is 17.1 Å². The summed E-state index contributed by atoms with van der Waals surface area (Å²) >= 11 is 3.36. The van der Waals surface area contributed by atoms with Gasteiger partial charge in [-0.25, -0.2) is 13.1 Å². The summed E-state index contributed by atoms with van der Waals surface area (Å²) in [5, 5.41) is 2.77. The Labute approximate surface area is 202 Å². The van der Waals surface area contributed by atoms with Crippen molar-refractivity contribution in [1.29, 1.82) is 0 Å². The fraction of sp³-hybridized carbons (Fsp3) is 0.208. The average Bonchev–Trinajstić information content (AvgIpc) is 2.81. The fourth-order valence-electron chi connectivity index (χ4n) is 3.01. The van der Waals surface area contributed by atoms with E-state index in [2.05, 4.69) is 26.0 Å². The molecule has 2 N–H and O–H groups in total. The van der Waals surface area contributed by atoms with Crippen molar-refractivity contribution < 1.29 is 22.7 Å². The van der Waals surface area contributed by atoms with Gasteiger partial charge in [-0.1, -0.05) is 46.3 Å². The van der Waals surface area contributed by atoms with Gasteiger partial charge in [-0.15, -0.1) is 0 Å². The third-order valence-electron chi connectivity index (χ3n) is 4.70. The van der Waals surface area contributed by atoms with Crippen LogP contribution in [0.4, 0.5) is 5.69 Å². The van der Waals surface area contributed by atoms with Crippen LogP contribution in [-0.4, -0.2) is 41.2 Å². The van der Waals surface area contributed by atoms with Crippen molar-refractivity contribution in [2.24, 2.45) is 0 Å². The molecule has 0 aliphatic carbocycles. The normalized spacial score (nSPS) is 11.2. The zero-order valence-electron chi connectivity index (χ0n) is 18.1. The zero-order valence-corrected chi connectivity index (χ0v) is 20.5. The molecule has 0 saturated heterocycles. The number of ether oxygens (including phenoxy) is 2. The lowest BCUT2D eigenvalue weighted by Crippen LogP contribution is -2.26. The largest absolute Gasteiger partial charge is 0.490 e. The smallest absolute Gasteiger partial charge is 0.259 e. The van der Waals surface area contributed by atoms with Gasteiger partial charge in [-0.3, -0.25) is 4.79 Å². The number of hydrogen-bond donors (Lipinski definition) is 2. The first-order chi connectivity index (χ1) is 15.9. The number of carbonyl (C=O) groups excluding carboxylic acids is 1. The van der Waals surface area contributed by atoms with Gasteiger partial charge in [-0.05, 0) is 54.4 Å². The highest BCUT2D eigenvalue weighted by Gasteiger charge is 2.16. The average molecular weight is 533 g/mol. The van der Waals surface area contributed by atoms with Gasteiger partial charge in [0.1, 0.15) is 12.4 Å². The minimum absolute atomic E-state index is 0.125. The molecule has 33 heavy (non-hydrogen) atoms. The topological polar surface area (TPSA) is 93.7 Å². The molecule has 9 heteroatoms. The fourth-order valence-corrected chi connectivity index (χ4v) is 4.41. The first-order valence-corrected chi connectivity index (χ1v) is 12.5. The Bertz CT molecular complexity index is 1170. The quantitative estimate of drug-likeness (QED) is 0.360. The zero-order chi connectivity index (χ0) is 23.7. The van der Waals surface area contributed by atoms with Crippen LogP contribution in [0.5, 0.6) is 5.75 Å². The second-order valence-corrected chi connectivity index (χ2v) is 9.78. The molecule has 3 aromatic carbocycles. The molecular weight excluding hydrogens is 508 g/mol. The monoisotopic (exact) mass is 532 g/mol. The van der Waals surface area contributed by atoms with Gasteiger partial charge in [0.25, 0.3) is 5.91 Å². The summed E-state index contributed by atoms with van der Waals surface area (Å²) in [5.74, 6) is 0.0508. The Morgan fingerprint density at radius 2 is 1.70 bits per heavy atom. The van der Waals surface area contributed by atoms with Crippen molar-refractivity contribution in [2.75, 3.05) is 32.2 Å². The van der Waals surface area contributed by atoms with Crippen LogP contribution in [0.2, 0.25) is 0 Å². The van der Waals surface area contributed by atoms with E-state index in [1.165, 1.54) is 12.1 Å². The summed E-state index contributed by atoms with van der Waals surface area (Å²) in [6.45, 7) is 0.994. The van der Waals surface area contributed by atoms with Crippen molar-refractivity contribution in [3.05, 3.63) is 88.4 Å². The minimum Gasteiger partial charge on any atom is -0.490 e. The Kier molecular flexibility index (Phi) is 9.02. The number of sulfonamides is 1. The van der Waals surface area contributed by atoms with Crippen molar-refractivity contribution in [3.63, 3.8) is 0 Å². The molecule has 0 aliphatic heterocycles. The molecule has 0 heterocycles. The predicted octanol–water partition coefficient (Wildman–Crippen LogP) is 4.25. The number of benzene rings is 3. The SMILES string of the molecule is COCCOc1ccc(Br)cc1C(=O)Nc1ccc(S(=O)(=O)NCCc2ccccc2)cc1. The maximum Gasteiger partial charge on any atom is 0.259 e. The lowest BCUT2D eigenvalue weighted by Gasteiger charge is -2.13. The standard InChI is InChI=1S/C24H25BrN2O5S/c1-31-15-16-32-23-12-7-19(25)17-22(23)24(28)27-20-8-10-21(11-9-20)33(29,30)26-14-13-18-5-3-2-4-6-18/h2-12,17,26H,13-16H2,1H3,(H,27,28). The van der Waals surface area contributed by atoms with Crippen molar-refractivity contribution in [1.82, 2.24) is 4.72 Å². The Balaban J connectivity index is 1.63. The van der Waals surface area contributed by atoms with E-state index in [0.29, 0.717) is 43.2 Å². The molecule has 174 valence electrons. The molecule has 3 rings (SSSR count). The van der Waals surface area contributed by atoms with Crippen LogP contribution in [0.25, 0.3) is 0 Å². The number of halogens is 1. The van der Waals surface area contributed by atoms with Gasteiger partial charge >= 0.3 is 0 Å². The first kappa shape index (κ1) is 24.9. The van der Waals surface area contributed by atoms with Crippen LogP contribution in [0.15, 0.2) is 82.2 Å². The Morgan fingerprint density at radius 1 is 0.970 bits per heavy atom. The molecule has 0 fully saturated rings. The first-order valence-electron chi connectivity index (χ1n) is 10.3. The number of anilines is 1. The highest BCUT2D eigenvalue weighted by atomic mass is 79.9. The van der Waals surface area contributed by atoms with Crippen LogP contribution in [0.1, 0.15) is 15.9 Å². The molecule has 0 radical (unpaired) electrons. The highest BCUT2D eigenvalue weighted by Crippen LogP contribution is 2.25. The van der Waals surface area contributed by atoms with E-state index in [-0.39, 0.29) is 10.8 Å². The van der Waals surface area contributed by atoms with E-state index in [1.807, 2.05) is 30.3 Å². The number of rotatable bonds is 11. The summed E-state index contributed by atoms with van der Waals surface area (Å²) in [7, 11) is -2.08. The van der Waals surface area contributed by atoms with Crippen LogP contribution in [-0.2, 0) is 21.2 Å². The summed E-state index contributed by atoms with van der Waals surface area (Å²) in [5.41, 5.74) is 1.86. The Hall–Kier alpha value is -2.72. The molecule has 0 atom stereocenters. The molecule has 3 aromatic rings. The second-order valence-electron chi connectivity index (χ2n) is 7.09. The molecule has 0 spiro atoms. The van der Waals surface area contributed by atoms with Crippen molar-refractivity contribution >= 4 is 37.5 Å². The van der Waals surface area contributed by atoms with Crippen molar-refractivity contribution in [3.8, 4) is 5.75 Å². The van der Waals surface area contributed by atoms with Gasteiger partial charge in [0, 0.05) is 23.8 Å². The molecule has 0 unspecified atom stereocenters. The summed E-state index contributed by atoms with van der Waals surface area (Å²) in [6, 6.07) is 20.8. The Morgan fingerprint density at radius 3 is 2.39 bits per heavy atom. The molecular formula is C24H25BrN2O5S. The van der Waals surface area contributed by atoms with Crippen LogP contribution in [0.3, 0.4) is 0 Å². The number of methoxy groups -OCH3 is 1. The molecule has 0 bridgehead atoms. The van der Waals surface area contributed by atoms with E-state index < -0.39 is 10.0 Å². The van der Waals surface area contributed by atoms with E-state index in [0.717, 1.165) is 10.0 Å². The van der Waals surface area contributed by atoms with Crippen molar-refractivity contribution in [2.45, 2.75) is 11.3 Å². The van der Waals surface area contributed by atoms with E-state index in [1.54, 1.807) is 37.4 Å². The third-order valence-corrected chi connectivity index (χ3v) is 6.67. The summed E-state index contributed by atoms with van der Waals surface area (Å²) < 4.78 is 39.1. The van der Waals surface area contributed by atoms with E-state index in [4.69, 9.17) is 9.47 Å².